The van der Waals surface area contributed by atoms with Gasteiger partial charge in [0.1, 0.15) is 0 Å². The van der Waals surface area contributed by atoms with Crippen molar-refractivity contribution in [2.45, 2.75) is 5.92 Å². The van der Waals surface area contributed by atoms with Crippen LogP contribution in [0, 0.1) is 0 Å². The molecule has 0 saturated carbocycles. The molecule has 1 aromatic carbocycles. The van der Waals surface area contributed by atoms with Gasteiger partial charge in [0.25, 0.3) is 0 Å². The largest absolute Gasteiger partial charge is 0.309 e. The van der Waals surface area contributed by atoms with Gasteiger partial charge in [0, 0.05) is 24.9 Å². The van der Waals surface area contributed by atoms with Crippen molar-refractivity contribution in [2.75, 3.05) is 6.54 Å². The number of hydrogen-bond acceptors (Lipinski definition) is 3. The van der Waals surface area contributed by atoms with Gasteiger partial charge in [0.05, 0.1) is 5.71 Å². The van der Waals surface area contributed by atoms with Gasteiger partial charge in [-0.15, -0.1) is 0 Å². The lowest BCUT2D eigenvalue weighted by molar-refractivity contribution is 0.761. The Bertz CT molecular complexity index is 520. The van der Waals surface area contributed by atoms with E-state index in [-0.39, 0.29) is 0 Å². The molecule has 1 aliphatic heterocycles. The van der Waals surface area contributed by atoms with E-state index >= 15 is 0 Å². The summed E-state index contributed by atoms with van der Waals surface area (Å²) in [6.07, 6.45) is 3.71. The first kappa shape index (κ1) is 10.0. The highest BCUT2D eigenvalue weighted by molar-refractivity contribution is 6.06. The van der Waals surface area contributed by atoms with Gasteiger partial charge in [-0.2, -0.15) is 5.10 Å². The Balaban J connectivity index is 1.96. The predicted octanol–water partition coefficient (Wildman–Crippen LogP) is 2.17. The molecule has 0 saturated heterocycles. The fourth-order valence-corrected chi connectivity index (χ4v) is 2.13. The van der Waals surface area contributed by atoms with E-state index in [1.54, 1.807) is 6.20 Å². The molecule has 1 atom stereocenters. The van der Waals surface area contributed by atoms with Gasteiger partial charge in [0.15, 0.2) is 0 Å². The van der Waals surface area contributed by atoms with Gasteiger partial charge in [-0.3, -0.25) is 4.98 Å². The summed E-state index contributed by atoms with van der Waals surface area (Å²) in [7, 11) is 0. The number of hydrazone groups is 1. The third-order valence-corrected chi connectivity index (χ3v) is 2.98. The summed E-state index contributed by atoms with van der Waals surface area (Å²) in [5, 5.41) is 4.40. The normalized spacial score (nSPS) is 18.6. The zero-order valence-electron chi connectivity index (χ0n) is 9.38. The van der Waals surface area contributed by atoms with Crippen LogP contribution in [0.1, 0.15) is 17.0 Å². The summed E-state index contributed by atoms with van der Waals surface area (Å²) in [6.45, 7) is 0.843. The minimum Gasteiger partial charge on any atom is -0.309 e. The van der Waals surface area contributed by atoms with Crippen LogP contribution in [0.4, 0.5) is 0 Å². The number of hydrogen-bond donors (Lipinski definition) is 1. The Hall–Kier alpha value is -2.16. The van der Waals surface area contributed by atoms with Gasteiger partial charge >= 0.3 is 0 Å². The highest BCUT2D eigenvalue weighted by Crippen LogP contribution is 2.23. The average Bonchev–Trinajstić information content (AvgIpc) is 2.90. The first-order valence-corrected chi connectivity index (χ1v) is 5.71. The standard InChI is InChI=1S/C14H13N3/c1-2-5-11(6-3-1)14-13(10-16-17-14)12-7-4-8-15-9-12/h1-9,13,16H,10H2. The second-order valence-corrected chi connectivity index (χ2v) is 4.06. The summed E-state index contributed by atoms with van der Waals surface area (Å²) in [5.74, 6) is 0.297. The summed E-state index contributed by atoms with van der Waals surface area (Å²) < 4.78 is 0. The summed E-state index contributed by atoms with van der Waals surface area (Å²) >= 11 is 0. The van der Waals surface area contributed by atoms with Crippen LogP contribution in [0.25, 0.3) is 0 Å². The molecule has 0 amide bonds. The van der Waals surface area contributed by atoms with Crippen molar-refractivity contribution in [3.8, 4) is 0 Å². The smallest absolute Gasteiger partial charge is 0.0768 e. The van der Waals surface area contributed by atoms with Gasteiger partial charge in [-0.05, 0) is 17.2 Å². The molecule has 1 aliphatic rings. The van der Waals surface area contributed by atoms with Crippen LogP contribution >= 0.6 is 0 Å². The van der Waals surface area contributed by atoms with Crippen LogP contribution in [0.5, 0.6) is 0 Å². The molecular formula is C14H13N3. The number of nitrogens with one attached hydrogen (secondary N) is 1. The van der Waals surface area contributed by atoms with Crippen molar-refractivity contribution in [3.05, 3.63) is 66.0 Å². The van der Waals surface area contributed by atoms with Crippen LogP contribution in [0.15, 0.2) is 60.0 Å². The van der Waals surface area contributed by atoms with Gasteiger partial charge in [0.2, 0.25) is 0 Å². The first-order valence-electron chi connectivity index (χ1n) is 5.71. The average molecular weight is 223 g/mol. The molecule has 17 heavy (non-hydrogen) atoms. The predicted molar refractivity (Wildman–Crippen MR) is 68.0 cm³/mol. The molecule has 1 unspecified atom stereocenters. The van der Waals surface area contributed by atoms with Gasteiger partial charge in [-0.25, -0.2) is 0 Å². The van der Waals surface area contributed by atoms with Crippen molar-refractivity contribution in [1.82, 2.24) is 10.4 Å². The number of nitrogens with zero attached hydrogens (tertiary/aromatic N) is 2. The topological polar surface area (TPSA) is 37.3 Å². The lowest BCUT2D eigenvalue weighted by Crippen LogP contribution is -2.14. The monoisotopic (exact) mass is 223 g/mol. The highest BCUT2D eigenvalue weighted by Gasteiger charge is 2.24. The van der Waals surface area contributed by atoms with Crippen molar-refractivity contribution in [2.24, 2.45) is 5.10 Å². The maximum atomic E-state index is 4.40. The van der Waals surface area contributed by atoms with Crippen LogP contribution in [-0.2, 0) is 0 Å². The fourth-order valence-electron chi connectivity index (χ4n) is 2.13. The Kier molecular flexibility index (Phi) is 2.58. The second-order valence-electron chi connectivity index (χ2n) is 4.06. The number of pyridine rings is 1. The molecule has 1 N–H and O–H groups in total. The molecule has 0 radical (unpaired) electrons. The van der Waals surface area contributed by atoms with E-state index in [2.05, 4.69) is 33.7 Å². The molecule has 0 fully saturated rings. The summed E-state index contributed by atoms with van der Waals surface area (Å²) in [4.78, 5) is 4.17. The van der Waals surface area contributed by atoms with Crippen LogP contribution in [-0.4, -0.2) is 17.2 Å². The first-order chi connectivity index (χ1) is 8.45. The highest BCUT2D eigenvalue weighted by atomic mass is 15.3. The number of benzene rings is 1. The lowest BCUT2D eigenvalue weighted by Gasteiger charge is -2.11. The van der Waals surface area contributed by atoms with Crippen LogP contribution in [0.2, 0.25) is 0 Å². The summed E-state index contributed by atoms with van der Waals surface area (Å²) in [5.41, 5.74) is 6.56. The molecule has 0 spiro atoms. The molecule has 1 aromatic heterocycles. The van der Waals surface area contributed by atoms with Crippen LogP contribution < -0.4 is 5.43 Å². The summed E-state index contributed by atoms with van der Waals surface area (Å²) in [6, 6.07) is 14.3. The molecule has 3 heteroatoms. The number of rotatable bonds is 2. The second kappa shape index (κ2) is 4.37. The lowest BCUT2D eigenvalue weighted by atomic mass is 9.92. The molecule has 3 rings (SSSR count). The molecular weight excluding hydrogens is 210 g/mol. The number of aromatic nitrogens is 1. The van der Waals surface area contributed by atoms with E-state index in [0.29, 0.717) is 5.92 Å². The Morgan fingerprint density at radius 2 is 1.94 bits per heavy atom. The van der Waals surface area contributed by atoms with Crippen molar-refractivity contribution in [3.63, 3.8) is 0 Å². The molecule has 84 valence electrons. The zero-order chi connectivity index (χ0) is 11.5. The molecule has 2 heterocycles. The fraction of sp³-hybridized carbons (Fsp3) is 0.143. The molecule has 0 bridgehead atoms. The van der Waals surface area contributed by atoms with E-state index < -0.39 is 0 Å². The minimum absolute atomic E-state index is 0.297. The Morgan fingerprint density at radius 3 is 2.71 bits per heavy atom. The van der Waals surface area contributed by atoms with E-state index in [0.717, 1.165) is 12.3 Å². The quantitative estimate of drug-likeness (QED) is 0.847. The molecule has 3 nitrogen and oxygen atoms in total. The third-order valence-electron chi connectivity index (χ3n) is 2.98. The van der Waals surface area contributed by atoms with E-state index in [9.17, 15) is 0 Å². The molecule has 2 aromatic rings. The van der Waals surface area contributed by atoms with Gasteiger partial charge in [-0.1, -0.05) is 36.4 Å². The van der Waals surface area contributed by atoms with Crippen molar-refractivity contribution in [1.29, 1.82) is 0 Å². The maximum Gasteiger partial charge on any atom is 0.0768 e. The minimum atomic E-state index is 0.297. The van der Waals surface area contributed by atoms with Crippen molar-refractivity contribution < 1.29 is 0 Å². The molecule has 0 aliphatic carbocycles. The SMILES string of the molecule is c1ccc(C2=NNCC2c2cccnc2)cc1. The maximum absolute atomic E-state index is 4.40. The zero-order valence-corrected chi connectivity index (χ0v) is 9.38. The van der Waals surface area contributed by atoms with Crippen LogP contribution in [0.3, 0.4) is 0 Å². The Labute approximate surface area is 100 Å². The van der Waals surface area contributed by atoms with E-state index in [1.807, 2.05) is 30.5 Å². The Morgan fingerprint density at radius 1 is 1.06 bits per heavy atom. The van der Waals surface area contributed by atoms with Crippen molar-refractivity contribution >= 4 is 5.71 Å². The van der Waals surface area contributed by atoms with E-state index in [1.165, 1.54) is 11.1 Å². The third kappa shape index (κ3) is 1.91. The van der Waals surface area contributed by atoms with Gasteiger partial charge < -0.3 is 5.43 Å². The van der Waals surface area contributed by atoms with E-state index in [4.69, 9.17) is 0 Å².